The number of hydrogen-bond acceptors (Lipinski definition) is 3. The number of halogens is 1. The molecule has 0 aromatic carbocycles. The quantitative estimate of drug-likeness (QED) is 0.923. The molecule has 19 heavy (non-hydrogen) atoms. The Labute approximate surface area is 111 Å². The molecule has 1 aliphatic carbocycles. The van der Waals surface area contributed by atoms with Gasteiger partial charge in [-0.2, -0.15) is 5.10 Å². The van der Waals surface area contributed by atoms with Gasteiger partial charge in [0.05, 0.1) is 11.9 Å². The molecule has 2 aromatic rings. The summed E-state index contributed by atoms with van der Waals surface area (Å²) in [7, 11) is 0. The lowest BCUT2D eigenvalue weighted by molar-refractivity contribution is 0.183. The van der Waals surface area contributed by atoms with E-state index in [1.54, 1.807) is 12.3 Å². The molecule has 0 radical (unpaired) electrons. The van der Waals surface area contributed by atoms with E-state index in [1.165, 1.54) is 25.1 Å². The van der Waals surface area contributed by atoms with Gasteiger partial charge in [-0.1, -0.05) is 6.92 Å². The van der Waals surface area contributed by atoms with Crippen molar-refractivity contribution in [1.29, 1.82) is 0 Å². The first kappa shape index (κ1) is 12.1. The van der Waals surface area contributed by atoms with E-state index in [0.29, 0.717) is 23.0 Å². The number of anilines is 1. The number of pyridine rings is 1. The van der Waals surface area contributed by atoms with Gasteiger partial charge in [0.2, 0.25) is 0 Å². The summed E-state index contributed by atoms with van der Waals surface area (Å²) in [5, 5.41) is 4.45. The Kier molecular flexibility index (Phi) is 2.97. The van der Waals surface area contributed by atoms with Gasteiger partial charge in [0.15, 0.2) is 0 Å². The average Bonchev–Trinajstić information content (AvgIpc) is 2.69. The molecule has 0 saturated heterocycles. The van der Waals surface area contributed by atoms with Gasteiger partial charge in [-0.25, -0.2) is 9.07 Å². The van der Waals surface area contributed by atoms with Crippen LogP contribution in [0.2, 0.25) is 0 Å². The monoisotopic (exact) mass is 260 g/mol. The van der Waals surface area contributed by atoms with Crippen molar-refractivity contribution in [2.45, 2.75) is 26.3 Å². The molecule has 3 rings (SSSR count). The summed E-state index contributed by atoms with van der Waals surface area (Å²) in [6.45, 7) is 3.10. The molecule has 1 saturated carbocycles. The maximum atomic E-state index is 13.1. The molecule has 1 aliphatic rings. The van der Waals surface area contributed by atoms with Gasteiger partial charge in [-0.3, -0.25) is 4.98 Å². The van der Waals surface area contributed by atoms with Crippen molar-refractivity contribution in [2.75, 3.05) is 5.73 Å². The largest absolute Gasteiger partial charge is 0.384 e. The number of nitrogens with two attached hydrogens (primary N) is 1. The second-order valence-electron chi connectivity index (χ2n) is 5.47. The van der Waals surface area contributed by atoms with Crippen LogP contribution in [0.25, 0.3) is 11.3 Å². The Morgan fingerprint density at radius 2 is 2.16 bits per heavy atom. The van der Waals surface area contributed by atoms with Crippen LogP contribution >= 0.6 is 0 Å². The topological polar surface area (TPSA) is 56.7 Å². The summed E-state index contributed by atoms with van der Waals surface area (Å²) in [5.41, 5.74) is 7.30. The van der Waals surface area contributed by atoms with E-state index in [0.717, 1.165) is 12.5 Å². The first-order chi connectivity index (χ1) is 9.11. The van der Waals surface area contributed by atoms with E-state index in [2.05, 4.69) is 17.0 Å². The highest BCUT2D eigenvalue weighted by molar-refractivity contribution is 5.61. The van der Waals surface area contributed by atoms with Gasteiger partial charge < -0.3 is 5.73 Å². The highest BCUT2D eigenvalue weighted by atomic mass is 19.1. The molecule has 2 aromatic heterocycles. The van der Waals surface area contributed by atoms with Crippen LogP contribution in [0.1, 0.15) is 19.8 Å². The lowest BCUT2D eigenvalue weighted by Gasteiger charge is -2.32. The Hall–Kier alpha value is -1.91. The molecule has 0 spiro atoms. The highest BCUT2D eigenvalue weighted by Gasteiger charge is 2.26. The molecule has 0 aliphatic heterocycles. The van der Waals surface area contributed by atoms with Crippen LogP contribution in [0.15, 0.2) is 24.5 Å². The minimum Gasteiger partial charge on any atom is -0.384 e. The molecular formula is C14H17FN4. The lowest BCUT2D eigenvalue weighted by atomic mass is 9.76. The van der Waals surface area contributed by atoms with E-state index in [1.807, 2.05) is 4.68 Å². The van der Waals surface area contributed by atoms with Crippen molar-refractivity contribution >= 4 is 5.82 Å². The summed E-state index contributed by atoms with van der Waals surface area (Å²) in [4.78, 5) is 3.83. The van der Waals surface area contributed by atoms with Crippen LogP contribution in [-0.4, -0.2) is 14.8 Å². The molecule has 0 atom stereocenters. The van der Waals surface area contributed by atoms with Crippen LogP contribution < -0.4 is 5.73 Å². The fourth-order valence-corrected chi connectivity index (χ4v) is 2.73. The fourth-order valence-electron chi connectivity index (χ4n) is 2.73. The molecule has 5 heteroatoms. The fraction of sp³-hybridized carbons (Fsp3) is 0.429. The molecule has 100 valence electrons. The molecule has 2 heterocycles. The van der Waals surface area contributed by atoms with Crippen LogP contribution in [0, 0.1) is 17.7 Å². The predicted octanol–water partition coefficient (Wildman–Crippen LogP) is 2.71. The third kappa shape index (κ3) is 2.45. The van der Waals surface area contributed by atoms with Crippen molar-refractivity contribution in [3.63, 3.8) is 0 Å². The van der Waals surface area contributed by atoms with E-state index in [9.17, 15) is 4.39 Å². The maximum absolute atomic E-state index is 13.1. The molecule has 4 nitrogen and oxygen atoms in total. The Morgan fingerprint density at radius 1 is 1.37 bits per heavy atom. The highest BCUT2D eigenvalue weighted by Crippen LogP contribution is 2.34. The third-order valence-corrected chi connectivity index (χ3v) is 3.71. The van der Waals surface area contributed by atoms with Gasteiger partial charge >= 0.3 is 0 Å². The third-order valence-electron chi connectivity index (χ3n) is 3.71. The van der Waals surface area contributed by atoms with Crippen molar-refractivity contribution < 1.29 is 4.39 Å². The van der Waals surface area contributed by atoms with Gasteiger partial charge in [0.25, 0.3) is 0 Å². The van der Waals surface area contributed by atoms with E-state index >= 15 is 0 Å². The molecule has 1 fully saturated rings. The summed E-state index contributed by atoms with van der Waals surface area (Å²) in [5.74, 6) is 1.74. The maximum Gasteiger partial charge on any atom is 0.142 e. The second kappa shape index (κ2) is 4.64. The van der Waals surface area contributed by atoms with E-state index < -0.39 is 0 Å². The lowest BCUT2D eigenvalue weighted by Crippen LogP contribution is -2.26. The van der Waals surface area contributed by atoms with Crippen molar-refractivity contribution in [3.8, 4) is 11.3 Å². The first-order valence-corrected chi connectivity index (χ1v) is 6.56. The normalized spacial score (nSPS) is 22.2. The summed E-state index contributed by atoms with van der Waals surface area (Å²) in [6.07, 6.45) is 5.24. The summed E-state index contributed by atoms with van der Waals surface area (Å²) < 4.78 is 15.0. The van der Waals surface area contributed by atoms with E-state index in [4.69, 9.17) is 5.73 Å². The standard InChI is InChI=1S/C14H17FN4/c1-9-2-10(3-9)8-19-14(16)5-13(18-19)11-4-12(15)7-17-6-11/h4-7,9-10H,2-3,8,16H2,1H3. The molecule has 2 N–H and O–H groups in total. The molecular weight excluding hydrogens is 243 g/mol. The molecule has 0 unspecified atom stereocenters. The number of rotatable bonds is 3. The number of nitrogens with zero attached hydrogens (tertiary/aromatic N) is 3. The zero-order valence-electron chi connectivity index (χ0n) is 10.9. The van der Waals surface area contributed by atoms with Gasteiger partial charge in [-0.05, 0) is 30.7 Å². The Morgan fingerprint density at radius 3 is 2.84 bits per heavy atom. The van der Waals surface area contributed by atoms with Crippen LogP contribution in [0.5, 0.6) is 0 Å². The van der Waals surface area contributed by atoms with Crippen molar-refractivity contribution in [3.05, 3.63) is 30.3 Å². The van der Waals surface area contributed by atoms with Crippen LogP contribution in [-0.2, 0) is 6.54 Å². The number of aromatic nitrogens is 3. The van der Waals surface area contributed by atoms with Crippen molar-refractivity contribution in [1.82, 2.24) is 14.8 Å². The summed E-state index contributed by atoms with van der Waals surface area (Å²) in [6, 6.07) is 3.20. The second-order valence-corrected chi connectivity index (χ2v) is 5.47. The minimum absolute atomic E-state index is 0.363. The predicted molar refractivity (Wildman–Crippen MR) is 71.7 cm³/mol. The van der Waals surface area contributed by atoms with E-state index in [-0.39, 0.29) is 5.82 Å². The van der Waals surface area contributed by atoms with Crippen molar-refractivity contribution in [2.24, 2.45) is 11.8 Å². The molecule has 0 bridgehead atoms. The number of hydrogen-bond donors (Lipinski definition) is 1. The SMILES string of the molecule is CC1CC(Cn2nc(-c3cncc(F)c3)cc2N)C1. The Bertz CT molecular complexity index is 587. The van der Waals surface area contributed by atoms with Gasteiger partial charge in [0.1, 0.15) is 11.6 Å². The van der Waals surface area contributed by atoms with Crippen LogP contribution in [0.4, 0.5) is 10.2 Å². The Balaban J connectivity index is 1.81. The minimum atomic E-state index is -0.363. The zero-order chi connectivity index (χ0) is 13.4. The summed E-state index contributed by atoms with van der Waals surface area (Å²) >= 11 is 0. The number of nitrogen functional groups attached to an aromatic ring is 1. The van der Waals surface area contributed by atoms with Gasteiger partial charge in [-0.15, -0.1) is 0 Å². The smallest absolute Gasteiger partial charge is 0.142 e. The van der Waals surface area contributed by atoms with Crippen LogP contribution in [0.3, 0.4) is 0 Å². The average molecular weight is 260 g/mol. The molecule has 0 amide bonds. The first-order valence-electron chi connectivity index (χ1n) is 6.56. The van der Waals surface area contributed by atoms with Gasteiger partial charge in [0, 0.05) is 24.4 Å². The zero-order valence-corrected chi connectivity index (χ0v) is 10.9.